The van der Waals surface area contributed by atoms with Crippen LogP contribution in [0, 0.1) is 5.82 Å². The fourth-order valence-corrected chi connectivity index (χ4v) is 1.35. The molecule has 4 N–H and O–H groups in total. The molecule has 1 rings (SSSR count). The minimum atomic E-state index is -0.562. The Kier molecular flexibility index (Phi) is 3.06. The average Bonchev–Trinajstić information content (AvgIpc) is 2.14. The van der Waals surface area contributed by atoms with Gasteiger partial charge in [-0.15, -0.1) is 0 Å². The van der Waals surface area contributed by atoms with E-state index in [4.69, 9.17) is 23.1 Å². The third kappa shape index (κ3) is 1.70. The molecule has 1 aromatic rings. The van der Waals surface area contributed by atoms with E-state index < -0.39 is 5.82 Å². The van der Waals surface area contributed by atoms with Gasteiger partial charge in [0.1, 0.15) is 5.02 Å². The molecule has 0 heterocycles. The summed E-state index contributed by atoms with van der Waals surface area (Å²) in [5, 5.41) is -0.0745. The first-order valence-corrected chi connectivity index (χ1v) is 4.60. The number of nitrogens with zero attached hydrogens (tertiary/aromatic N) is 1. The highest BCUT2D eigenvalue weighted by Gasteiger charge is 2.16. The minimum Gasteiger partial charge on any atom is -0.397 e. The van der Waals surface area contributed by atoms with Crippen LogP contribution in [0.15, 0.2) is 6.07 Å². The van der Waals surface area contributed by atoms with E-state index in [-0.39, 0.29) is 10.7 Å². The van der Waals surface area contributed by atoms with Crippen molar-refractivity contribution >= 4 is 28.7 Å². The number of hydrogen-bond acceptors (Lipinski definition) is 3. The molecular formula is C9H13ClFN3. The van der Waals surface area contributed by atoms with Gasteiger partial charge >= 0.3 is 0 Å². The molecule has 0 unspecified atom stereocenters. The first-order chi connectivity index (χ1) is 6.49. The predicted molar refractivity (Wildman–Crippen MR) is 59.2 cm³/mol. The van der Waals surface area contributed by atoms with E-state index in [1.54, 1.807) is 11.9 Å². The zero-order valence-electron chi connectivity index (χ0n) is 8.14. The fraction of sp³-hybridized carbons (Fsp3) is 0.333. The van der Waals surface area contributed by atoms with Crippen molar-refractivity contribution in [3.63, 3.8) is 0 Å². The van der Waals surface area contributed by atoms with Gasteiger partial charge in [0, 0.05) is 13.6 Å². The highest BCUT2D eigenvalue weighted by Crippen LogP contribution is 2.35. The summed E-state index contributed by atoms with van der Waals surface area (Å²) in [6, 6.07) is 1.47. The number of nitrogen functional groups attached to an aromatic ring is 2. The lowest BCUT2D eigenvalue weighted by Gasteiger charge is -2.20. The zero-order chi connectivity index (χ0) is 10.9. The Hall–Kier alpha value is -1.16. The molecule has 78 valence electrons. The Morgan fingerprint density at radius 2 is 2.00 bits per heavy atom. The van der Waals surface area contributed by atoms with Crippen molar-refractivity contribution in [2.24, 2.45) is 0 Å². The largest absolute Gasteiger partial charge is 0.397 e. The van der Waals surface area contributed by atoms with Crippen molar-refractivity contribution in [2.75, 3.05) is 30.0 Å². The molecule has 0 amide bonds. The first kappa shape index (κ1) is 10.9. The van der Waals surface area contributed by atoms with Gasteiger partial charge in [0.15, 0.2) is 5.82 Å². The summed E-state index contributed by atoms with van der Waals surface area (Å²) in [6.07, 6.45) is 0. The van der Waals surface area contributed by atoms with Crippen molar-refractivity contribution in [2.45, 2.75) is 6.92 Å². The molecule has 0 fully saturated rings. The van der Waals surface area contributed by atoms with Crippen LogP contribution in [0.1, 0.15) is 6.92 Å². The second kappa shape index (κ2) is 3.92. The average molecular weight is 218 g/mol. The number of halogens is 2. The Labute approximate surface area is 87.4 Å². The van der Waals surface area contributed by atoms with Crippen LogP contribution >= 0.6 is 11.6 Å². The standard InChI is InChI=1S/C9H13ClFN3/c1-3-14(2)9-6(13)4-5(12)7(10)8(9)11/h4H,3,12-13H2,1-2H3. The van der Waals surface area contributed by atoms with Crippen LogP contribution in [0.5, 0.6) is 0 Å². The number of benzene rings is 1. The van der Waals surface area contributed by atoms with E-state index >= 15 is 0 Å². The molecule has 0 aromatic heterocycles. The molecular weight excluding hydrogens is 205 g/mol. The number of anilines is 3. The molecule has 0 saturated heterocycles. The lowest BCUT2D eigenvalue weighted by molar-refractivity contribution is 0.625. The number of hydrogen-bond donors (Lipinski definition) is 2. The first-order valence-electron chi connectivity index (χ1n) is 4.23. The second-order valence-electron chi connectivity index (χ2n) is 3.05. The maximum absolute atomic E-state index is 13.6. The summed E-state index contributed by atoms with van der Waals surface area (Å²) in [5.41, 5.74) is 11.9. The van der Waals surface area contributed by atoms with Gasteiger partial charge in [0.2, 0.25) is 0 Å². The summed E-state index contributed by atoms with van der Waals surface area (Å²) < 4.78 is 13.6. The van der Waals surface area contributed by atoms with Gasteiger partial charge in [-0.1, -0.05) is 11.6 Å². The third-order valence-electron chi connectivity index (χ3n) is 2.09. The van der Waals surface area contributed by atoms with Gasteiger partial charge in [-0.25, -0.2) is 4.39 Å². The summed E-state index contributed by atoms with van der Waals surface area (Å²) in [4.78, 5) is 1.68. The molecule has 0 aliphatic heterocycles. The Morgan fingerprint density at radius 3 is 2.50 bits per heavy atom. The quantitative estimate of drug-likeness (QED) is 0.746. The van der Waals surface area contributed by atoms with Crippen LogP contribution in [0.2, 0.25) is 5.02 Å². The van der Waals surface area contributed by atoms with Crippen molar-refractivity contribution < 1.29 is 4.39 Å². The van der Waals surface area contributed by atoms with E-state index in [2.05, 4.69) is 0 Å². The van der Waals surface area contributed by atoms with Gasteiger partial charge < -0.3 is 16.4 Å². The lowest BCUT2D eigenvalue weighted by atomic mass is 10.2. The molecule has 3 nitrogen and oxygen atoms in total. The molecule has 0 radical (unpaired) electrons. The normalized spacial score (nSPS) is 10.3. The lowest BCUT2D eigenvalue weighted by Crippen LogP contribution is -2.19. The molecule has 0 spiro atoms. The van der Waals surface area contributed by atoms with E-state index in [9.17, 15) is 4.39 Å². The Morgan fingerprint density at radius 1 is 1.43 bits per heavy atom. The van der Waals surface area contributed by atoms with Crippen LogP contribution < -0.4 is 16.4 Å². The fourth-order valence-electron chi connectivity index (χ4n) is 1.20. The minimum absolute atomic E-state index is 0.0745. The van der Waals surface area contributed by atoms with Gasteiger partial charge in [-0.3, -0.25) is 0 Å². The molecule has 5 heteroatoms. The van der Waals surface area contributed by atoms with Crippen LogP contribution in [0.25, 0.3) is 0 Å². The Balaban J connectivity index is 3.36. The molecule has 0 saturated carbocycles. The monoisotopic (exact) mass is 217 g/mol. The maximum atomic E-state index is 13.6. The van der Waals surface area contributed by atoms with E-state index in [1.807, 2.05) is 6.92 Å². The third-order valence-corrected chi connectivity index (χ3v) is 2.48. The predicted octanol–water partition coefficient (Wildman–Crippen LogP) is 2.10. The van der Waals surface area contributed by atoms with E-state index in [1.165, 1.54) is 6.07 Å². The van der Waals surface area contributed by atoms with Crippen molar-refractivity contribution in [3.8, 4) is 0 Å². The number of rotatable bonds is 2. The smallest absolute Gasteiger partial charge is 0.169 e. The summed E-state index contributed by atoms with van der Waals surface area (Å²) in [6.45, 7) is 2.53. The molecule has 14 heavy (non-hydrogen) atoms. The maximum Gasteiger partial charge on any atom is 0.169 e. The molecule has 0 bridgehead atoms. The Bertz CT molecular complexity index is 354. The molecule has 0 aliphatic rings. The molecule has 0 atom stereocenters. The van der Waals surface area contributed by atoms with E-state index in [0.717, 1.165) is 0 Å². The highest BCUT2D eigenvalue weighted by molar-refractivity contribution is 6.33. The van der Waals surface area contributed by atoms with Gasteiger partial charge in [0.05, 0.1) is 17.1 Å². The van der Waals surface area contributed by atoms with Gasteiger partial charge in [-0.2, -0.15) is 0 Å². The topological polar surface area (TPSA) is 55.3 Å². The summed E-state index contributed by atoms with van der Waals surface area (Å²) >= 11 is 5.67. The number of nitrogens with two attached hydrogens (primary N) is 2. The SMILES string of the molecule is CCN(C)c1c(N)cc(N)c(Cl)c1F. The van der Waals surface area contributed by atoms with Crippen molar-refractivity contribution in [3.05, 3.63) is 16.9 Å². The molecule has 0 aliphatic carbocycles. The highest BCUT2D eigenvalue weighted by atomic mass is 35.5. The van der Waals surface area contributed by atoms with Crippen LogP contribution in [-0.4, -0.2) is 13.6 Å². The summed E-state index contributed by atoms with van der Waals surface area (Å²) in [7, 11) is 1.74. The molecule has 1 aromatic carbocycles. The van der Waals surface area contributed by atoms with Crippen molar-refractivity contribution in [1.82, 2.24) is 0 Å². The van der Waals surface area contributed by atoms with E-state index in [0.29, 0.717) is 17.9 Å². The van der Waals surface area contributed by atoms with Crippen LogP contribution in [0.4, 0.5) is 21.5 Å². The van der Waals surface area contributed by atoms with Gasteiger partial charge in [0.25, 0.3) is 0 Å². The second-order valence-corrected chi connectivity index (χ2v) is 3.42. The van der Waals surface area contributed by atoms with Gasteiger partial charge in [-0.05, 0) is 13.0 Å². The van der Waals surface area contributed by atoms with Crippen LogP contribution in [0.3, 0.4) is 0 Å². The zero-order valence-corrected chi connectivity index (χ0v) is 8.90. The van der Waals surface area contributed by atoms with Crippen molar-refractivity contribution in [1.29, 1.82) is 0 Å². The van der Waals surface area contributed by atoms with Crippen LogP contribution in [-0.2, 0) is 0 Å². The summed E-state index contributed by atoms with van der Waals surface area (Å²) in [5.74, 6) is -0.562.